The predicted octanol–water partition coefficient (Wildman–Crippen LogP) is 2.73. The van der Waals surface area contributed by atoms with E-state index >= 15 is 0 Å². The number of hydrogen-bond donors (Lipinski definition) is 2. The van der Waals surface area contributed by atoms with Gasteiger partial charge in [0.25, 0.3) is 5.69 Å². The molecule has 0 saturated heterocycles. The normalized spacial score (nSPS) is 17.2. The summed E-state index contributed by atoms with van der Waals surface area (Å²) in [6, 6.07) is 4.47. The molecule has 1 aliphatic rings. The Morgan fingerprint density at radius 2 is 2.00 bits per heavy atom. The van der Waals surface area contributed by atoms with Gasteiger partial charge in [-0.15, -0.1) is 0 Å². The lowest BCUT2D eigenvalue weighted by Crippen LogP contribution is -2.45. The summed E-state index contributed by atoms with van der Waals surface area (Å²) >= 11 is 0. The number of allylic oxidation sites excluding steroid dienone is 2. The standard InChI is InChI=1S/C17H19N3O5/c1-3-4-5-10-25-16(21)14-11(2)18-17(22)19-15(14)12-6-8-13(9-7-12)20(23)24/h4-9,15H,3,10H2,1-2H3,(H2,18,19,22)/b5-4-. The smallest absolute Gasteiger partial charge is 0.338 e. The van der Waals surface area contributed by atoms with E-state index in [-0.39, 0.29) is 17.9 Å². The Kier molecular flexibility index (Phi) is 5.89. The maximum absolute atomic E-state index is 12.4. The molecule has 1 aromatic carbocycles. The van der Waals surface area contributed by atoms with Gasteiger partial charge in [0.1, 0.15) is 6.61 Å². The van der Waals surface area contributed by atoms with Crippen LogP contribution in [0.5, 0.6) is 0 Å². The van der Waals surface area contributed by atoms with Gasteiger partial charge in [0.15, 0.2) is 0 Å². The van der Waals surface area contributed by atoms with Crippen LogP contribution < -0.4 is 10.6 Å². The minimum Gasteiger partial charge on any atom is -0.458 e. The van der Waals surface area contributed by atoms with Crippen LogP contribution in [0.2, 0.25) is 0 Å². The highest BCUT2D eigenvalue weighted by Gasteiger charge is 2.32. The van der Waals surface area contributed by atoms with E-state index in [0.717, 1.165) is 6.42 Å². The van der Waals surface area contributed by atoms with E-state index in [9.17, 15) is 19.7 Å². The van der Waals surface area contributed by atoms with Crippen molar-refractivity contribution < 1.29 is 19.2 Å². The van der Waals surface area contributed by atoms with Gasteiger partial charge in [-0.05, 0) is 31.0 Å². The molecule has 1 atom stereocenters. The molecule has 1 unspecified atom stereocenters. The summed E-state index contributed by atoms with van der Waals surface area (Å²) < 4.78 is 5.22. The number of rotatable bonds is 6. The minimum atomic E-state index is -0.739. The lowest BCUT2D eigenvalue weighted by molar-refractivity contribution is -0.384. The highest BCUT2D eigenvalue weighted by molar-refractivity contribution is 5.95. The van der Waals surface area contributed by atoms with Crippen LogP contribution in [0.15, 0.2) is 47.7 Å². The number of esters is 1. The Hall–Kier alpha value is -3.16. The molecule has 25 heavy (non-hydrogen) atoms. The average molecular weight is 345 g/mol. The van der Waals surface area contributed by atoms with E-state index in [0.29, 0.717) is 11.3 Å². The van der Waals surface area contributed by atoms with E-state index in [1.54, 1.807) is 13.0 Å². The fourth-order valence-electron chi connectivity index (χ4n) is 2.44. The molecule has 2 rings (SSSR count). The number of nitro benzene ring substituents is 1. The molecule has 0 bridgehead atoms. The van der Waals surface area contributed by atoms with Crippen molar-refractivity contribution in [3.8, 4) is 0 Å². The van der Waals surface area contributed by atoms with Crippen molar-refractivity contribution in [2.75, 3.05) is 6.61 Å². The van der Waals surface area contributed by atoms with Crippen molar-refractivity contribution in [3.63, 3.8) is 0 Å². The highest BCUT2D eigenvalue weighted by atomic mass is 16.6. The zero-order valence-corrected chi connectivity index (χ0v) is 13.9. The summed E-state index contributed by atoms with van der Waals surface area (Å²) in [7, 11) is 0. The maximum Gasteiger partial charge on any atom is 0.338 e. The molecule has 0 radical (unpaired) electrons. The molecule has 0 saturated carbocycles. The Balaban J connectivity index is 2.28. The number of amides is 2. The summed E-state index contributed by atoms with van der Waals surface area (Å²) in [6.45, 7) is 3.70. The molecule has 0 aromatic heterocycles. The van der Waals surface area contributed by atoms with E-state index in [1.807, 2.05) is 13.0 Å². The number of carbonyl (C=O) groups excluding carboxylic acids is 2. The molecular formula is C17H19N3O5. The third kappa shape index (κ3) is 4.43. The predicted molar refractivity (Wildman–Crippen MR) is 90.6 cm³/mol. The third-order valence-corrected chi connectivity index (χ3v) is 3.64. The summed E-state index contributed by atoms with van der Waals surface area (Å²) in [4.78, 5) is 34.5. The average Bonchev–Trinajstić information content (AvgIpc) is 2.58. The van der Waals surface area contributed by atoms with Crippen molar-refractivity contribution in [1.29, 1.82) is 0 Å². The van der Waals surface area contributed by atoms with E-state index in [2.05, 4.69) is 10.6 Å². The molecule has 2 N–H and O–H groups in total. The second-order valence-corrected chi connectivity index (χ2v) is 5.40. The van der Waals surface area contributed by atoms with E-state index in [1.165, 1.54) is 24.3 Å². The van der Waals surface area contributed by atoms with Crippen molar-refractivity contribution in [1.82, 2.24) is 10.6 Å². The highest BCUT2D eigenvalue weighted by Crippen LogP contribution is 2.28. The van der Waals surface area contributed by atoms with Crippen LogP contribution in [-0.4, -0.2) is 23.5 Å². The Labute approximate surface area is 144 Å². The first-order valence-electron chi connectivity index (χ1n) is 7.78. The lowest BCUT2D eigenvalue weighted by Gasteiger charge is -2.28. The van der Waals surface area contributed by atoms with Gasteiger partial charge in [-0.2, -0.15) is 0 Å². The molecule has 1 aromatic rings. The molecule has 0 aliphatic carbocycles. The van der Waals surface area contributed by atoms with Gasteiger partial charge in [0.2, 0.25) is 0 Å². The van der Waals surface area contributed by atoms with Crippen molar-refractivity contribution in [3.05, 3.63) is 63.4 Å². The van der Waals surface area contributed by atoms with E-state index < -0.39 is 23.0 Å². The second kappa shape index (κ2) is 8.09. The number of non-ortho nitro benzene ring substituents is 1. The quantitative estimate of drug-likeness (QED) is 0.356. The lowest BCUT2D eigenvalue weighted by atomic mass is 9.95. The fourth-order valence-corrected chi connectivity index (χ4v) is 2.44. The number of nitro groups is 1. The van der Waals surface area contributed by atoms with E-state index in [4.69, 9.17) is 4.74 Å². The number of urea groups is 1. The number of nitrogens with zero attached hydrogens (tertiary/aromatic N) is 1. The molecule has 1 heterocycles. The molecular weight excluding hydrogens is 326 g/mol. The molecule has 0 fully saturated rings. The van der Waals surface area contributed by atoms with Crippen LogP contribution in [0.1, 0.15) is 31.9 Å². The second-order valence-electron chi connectivity index (χ2n) is 5.40. The maximum atomic E-state index is 12.4. The van der Waals surface area contributed by atoms with Crippen molar-refractivity contribution in [2.45, 2.75) is 26.3 Å². The summed E-state index contributed by atoms with van der Waals surface area (Å²) in [5.74, 6) is -0.561. The van der Waals surface area contributed by atoms with Crippen molar-refractivity contribution in [2.24, 2.45) is 0 Å². The summed E-state index contributed by atoms with van der Waals surface area (Å²) in [5, 5.41) is 16.0. The minimum absolute atomic E-state index is 0.0708. The van der Waals surface area contributed by atoms with Gasteiger partial charge in [-0.1, -0.05) is 19.1 Å². The number of benzene rings is 1. The van der Waals surface area contributed by atoms with Crippen LogP contribution in [-0.2, 0) is 9.53 Å². The molecule has 0 spiro atoms. The number of nitrogens with one attached hydrogen (secondary N) is 2. The third-order valence-electron chi connectivity index (χ3n) is 3.64. The first kappa shape index (κ1) is 18.2. The first-order valence-corrected chi connectivity index (χ1v) is 7.78. The Bertz CT molecular complexity index is 737. The monoisotopic (exact) mass is 345 g/mol. The molecule has 2 amide bonds. The fraction of sp³-hybridized carbons (Fsp3) is 0.294. The van der Waals surface area contributed by atoms with Gasteiger partial charge in [0.05, 0.1) is 16.5 Å². The van der Waals surface area contributed by atoms with Crippen LogP contribution in [0.4, 0.5) is 10.5 Å². The van der Waals surface area contributed by atoms with Gasteiger partial charge in [-0.3, -0.25) is 10.1 Å². The first-order chi connectivity index (χ1) is 11.9. The number of ether oxygens (including phenoxy) is 1. The largest absolute Gasteiger partial charge is 0.458 e. The zero-order chi connectivity index (χ0) is 18.4. The van der Waals surface area contributed by atoms with Crippen LogP contribution in [0, 0.1) is 10.1 Å². The molecule has 8 nitrogen and oxygen atoms in total. The summed E-state index contributed by atoms with van der Waals surface area (Å²) in [6.07, 6.45) is 4.45. The number of hydrogen-bond acceptors (Lipinski definition) is 5. The van der Waals surface area contributed by atoms with Crippen LogP contribution >= 0.6 is 0 Å². The van der Waals surface area contributed by atoms with Gasteiger partial charge in [-0.25, -0.2) is 9.59 Å². The molecule has 8 heteroatoms. The summed E-state index contributed by atoms with van der Waals surface area (Å²) in [5.41, 5.74) is 1.13. The zero-order valence-electron chi connectivity index (χ0n) is 13.9. The van der Waals surface area contributed by atoms with Crippen LogP contribution in [0.25, 0.3) is 0 Å². The SMILES string of the molecule is CC/C=C\COC(=O)C1=C(C)NC(=O)NC1c1ccc([N+](=O)[O-])cc1. The van der Waals surface area contributed by atoms with Crippen molar-refractivity contribution >= 4 is 17.7 Å². The Morgan fingerprint density at radius 3 is 2.60 bits per heavy atom. The van der Waals surface area contributed by atoms with Crippen LogP contribution in [0.3, 0.4) is 0 Å². The topological polar surface area (TPSA) is 111 Å². The van der Waals surface area contributed by atoms with Gasteiger partial charge >= 0.3 is 12.0 Å². The molecule has 1 aliphatic heterocycles. The van der Waals surface area contributed by atoms with Gasteiger partial charge in [0, 0.05) is 17.8 Å². The van der Waals surface area contributed by atoms with Gasteiger partial charge < -0.3 is 15.4 Å². The molecule has 132 valence electrons. The Morgan fingerprint density at radius 1 is 1.32 bits per heavy atom. The number of carbonyl (C=O) groups is 2.